The van der Waals surface area contributed by atoms with E-state index in [0.29, 0.717) is 5.76 Å². The first-order valence-electron chi connectivity index (χ1n) is 2.54. The summed E-state index contributed by atoms with van der Waals surface area (Å²) >= 11 is 10.8. The van der Waals surface area contributed by atoms with E-state index in [4.69, 9.17) is 23.2 Å². The average molecular weight is 183 g/mol. The zero-order valence-corrected chi connectivity index (χ0v) is 6.35. The second kappa shape index (κ2) is 3.12. The normalized spacial score (nSPS) is 10.7. The molecule has 10 heavy (non-hydrogen) atoms. The van der Waals surface area contributed by atoms with Gasteiger partial charge in [0.05, 0.1) is 0 Å². The molecule has 0 aliphatic heterocycles. The lowest BCUT2D eigenvalue weighted by Crippen LogP contribution is -1.93. The highest BCUT2D eigenvalue weighted by atomic mass is 35.5. The van der Waals surface area contributed by atoms with Crippen LogP contribution in [0.2, 0.25) is 0 Å². The van der Waals surface area contributed by atoms with Gasteiger partial charge in [-0.05, 0) is 0 Å². The Morgan fingerprint density at radius 3 is 2.70 bits per heavy atom. The predicted molar refractivity (Wildman–Crippen MR) is 36.4 cm³/mol. The number of rotatable bonds is 2. The zero-order chi connectivity index (χ0) is 7.56. The molecule has 0 saturated carbocycles. The molecule has 0 radical (unpaired) electrons. The van der Waals surface area contributed by atoms with E-state index in [2.05, 4.69) is 8.83 Å². The Balaban J connectivity index is 2.67. The highest BCUT2D eigenvalue weighted by Crippen LogP contribution is 2.09. The summed E-state index contributed by atoms with van der Waals surface area (Å²) in [7, 11) is 0. The van der Waals surface area contributed by atoms with E-state index in [9.17, 15) is 4.79 Å². The Hall–Kier alpha value is -0.410. The van der Waals surface area contributed by atoms with E-state index in [1.54, 1.807) is 0 Å². The second-order valence-corrected chi connectivity index (χ2v) is 2.93. The number of alkyl halides is 2. The van der Waals surface area contributed by atoms with Crippen LogP contribution < -0.4 is 5.82 Å². The monoisotopic (exact) mass is 182 g/mol. The van der Waals surface area contributed by atoms with Crippen molar-refractivity contribution in [1.29, 1.82) is 0 Å². The van der Waals surface area contributed by atoms with E-state index < -0.39 is 10.7 Å². The van der Waals surface area contributed by atoms with Crippen molar-refractivity contribution in [2.24, 2.45) is 0 Å². The van der Waals surface area contributed by atoms with Crippen LogP contribution in [0.1, 0.15) is 5.76 Å². The topological polar surface area (TPSA) is 43.4 Å². The molecule has 0 unspecified atom stereocenters. The Morgan fingerprint density at radius 2 is 2.30 bits per heavy atom. The zero-order valence-electron chi connectivity index (χ0n) is 4.84. The van der Waals surface area contributed by atoms with Crippen molar-refractivity contribution in [1.82, 2.24) is 0 Å². The van der Waals surface area contributed by atoms with Crippen molar-refractivity contribution in [3.8, 4) is 0 Å². The molecule has 1 aromatic rings. The van der Waals surface area contributed by atoms with E-state index in [1.807, 2.05) is 0 Å². The van der Waals surface area contributed by atoms with Crippen LogP contribution in [0.4, 0.5) is 0 Å². The lowest BCUT2D eigenvalue weighted by Gasteiger charge is -1.91. The van der Waals surface area contributed by atoms with Crippen LogP contribution in [-0.4, -0.2) is 4.84 Å². The molecule has 0 aromatic carbocycles. The summed E-state index contributed by atoms with van der Waals surface area (Å²) in [6.45, 7) is 0. The smallest absolute Gasteiger partial charge is 0.399 e. The summed E-state index contributed by atoms with van der Waals surface area (Å²) in [5.41, 5.74) is 0. The minimum atomic E-state index is -0.732. The van der Waals surface area contributed by atoms with Gasteiger partial charge in [0, 0.05) is 6.42 Å². The maximum atomic E-state index is 10.3. The SMILES string of the molecule is O=c1occ(CC(Cl)Cl)o1. The van der Waals surface area contributed by atoms with Gasteiger partial charge in [-0.25, -0.2) is 4.79 Å². The lowest BCUT2D eigenvalue weighted by molar-refractivity contribution is 0.374. The van der Waals surface area contributed by atoms with Gasteiger partial charge in [0.2, 0.25) is 0 Å². The van der Waals surface area contributed by atoms with Gasteiger partial charge in [0.1, 0.15) is 16.9 Å². The minimum Gasteiger partial charge on any atom is -0.399 e. The van der Waals surface area contributed by atoms with Crippen LogP contribution in [0.3, 0.4) is 0 Å². The molecule has 0 bridgehead atoms. The Labute approximate surface area is 66.5 Å². The summed E-state index contributed by atoms with van der Waals surface area (Å²) in [5.74, 6) is -0.371. The maximum Gasteiger partial charge on any atom is 0.518 e. The fourth-order valence-corrected chi connectivity index (χ4v) is 0.815. The first kappa shape index (κ1) is 7.69. The molecule has 0 fully saturated rings. The summed E-state index contributed by atoms with van der Waals surface area (Å²) < 4.78 is 8.83. The lowest BCUT2D eigenvalue weighted by atomic mass is 10.4. The molecular formula is C5H4Cl2O3. The average Bonchev–Trinajstić information content (AvgIpc) is 2.13. The fourth-order valence-electron chi connectivity index (χ4n) is 0.511. The molecule has 0 amide bonds. The molecule has 3 nitrogen and oxygen atoms in total. The molecule has 0 spiro atoms. The van der Waals surface area contributed by atoms with Gasteiger partial charge < -0.3 is 8.83 Å². The van der Waals surface area contributed by atoms with Gasteiger partial charge in [-0.15, -0.1) is 23.2 Å². The van der Waals surface area contributed by atoms with Crippen molar-refractivity contribution in [2.75, 3.05) is 0 Å². The van der Waals surface area contributed by atoms with Crippen LogP contribution in [0, 0.1) is 0 Å². The van der Waals surface area contributed by atoms with Crippen molar-refractivity contribution >= 4 is 23.2 Å². The van der Waals surface area contributed by atoms with E-state index in [0.717, 1.165) is 0 Å². The van der Waals surface area contributed by atoms with Crippen LogP contribution in [0.5, 0.6) is 0 Å². The molecule has 0 atom stereocenters. The maximum absolute atomic E-state index is 10.3. The third-order valence-electron chi connectivity index (χ3n) is 0.857. The largest absolute Gasteiger partial charge is 0.518 e. The number of hydrogen-bond donors (Lipinski definition) is 0. The first-order valence-corrected chi connectivity index (χ1v) is 3.41. The van der Waals surface area contributed by atoms with Crippen molar-refractivity contribution in [3.63, 3.8) is 0 Å². The molecule has 0 aliphatic carbocycles. The van der Waals surface area contributed by atoms with Gasteiger partial charge in [-0.1, -0.05) is 0 Å². The molecule has 5 heteroatoms. The van der Waals surface area contributed by atoms with E-state index in [-0.39, 0.29) is 6.42 Å². The molecule has 1 rings (SSSR count). The van der Waals surface area contributed by atoms with Gasteiger partial charge >= 0.3 is 5.82 Å². The standard InChI is InChI=1S/C5H4Cl2O3/c6-4(7)1-3-2-9-5(8)10-3/h2,4H,1H2. The van der Waals surface area contributed by atoms with Gasteiger partial charge in [0.15, 0.2) is 0 Å². The first-order chi connectivity index (χ1) is 4.68. The Morgan fingerprint density at radius 1 is 1.60 bits per heavy atom. The molecule has 0 aliphatic rings. The predicted octanol–water partition coefficient (Wildman–Crippen LogP) is 1.58. The minimum absolute atomic E-state index is 0.287. The second-order valence-electron chi connectivity index (χ2n) is 1.65. The van der Waals surface area contributed by atoms with E-state index >= 15 is 0 Å². The third kappa shape index (κ3) is 2.08. The Bertz CT molecular complexity index is 249. The Kier molecular flexibility index (Phi) is 2.40. The summed E-state index contributed by atoms with van der Waals surface area (Å²) in [5, 5.41) is 0. The van der Waals surface area contributed by atoms with Crippen LogP contribution >= 0.6 is 23.2 Å². The molecule has 0 saturated heterocycles. The molecular weight excluding hydrogens is 179 g/mol. The van der Waals surface area contributed by atoms with Crippen LogP contribution in [-0.2, 0) is 6.42 Å². The highest BCUT2D eigenvalue weighted by Gasteiger charge is 2.05. The van der Waals surface area contributed by atoms with Gasteiger partial charge in [-0.3, -0.25) is 0 Å². The van der Waals surface area contributed by atoms with Crippen molar-refractivity contribution in [2.45, 2.75) is 11.3 Å². The highest BCUT2D eigenvalue weighted by molar-refractivity contribution is 6.44. The van der Waals surface area contributed by atoms with E-state index in [1.165, 1.54) is 6.26 Å². The van der Waals surface area contributed by atoms with Crippen LogP contribution in [0.25, 0.3) is 0 Å². The fraction of sp³-hybridized carbons (Fsp3) is 0.400. The van der Waals surface area contributed by atoms with Crippen molar-refractivity contribution in [3.05, 3.63) is 22.6 Å². The summed E-state index contributed by atoms with van der Waals surface area (Å²) in [4.78, 5) is 9.68. The van der Waals surface area contributed by atoms with Gasteiger partial charge in [-0.2, -0.15) is 0 Å². The quantitative estimate of drug-likeness (QED) is 0.653. The number of hydrogen-bond acceptors (Lipinski definition) is 3. The number of halogens is 2. The van der Waals surface area contributed by atoms with Crippen LogP contribution in [0.15, 0.2) is 19.9 Å². The molecule has 1 aromatic heterocycles. The summed E-state index contributed by atoms with van der Waals surface area (Å²) in [6.07, 6.45) is 1.48. The summed E-state index contributed by atoms with van der Waals surface area (Å²) in [6, 6.07) is 0. The third-order valence-corrected chi connectivity index (χ3v) is 1.17. The molecule has 56 valence electrons. The molecule has 0 N–H and O–H groups in total. The van der Waals surface area contributed by atoms with Gasteiger partial charge in [0.25, 0.3) is 0 Å². The molecule has 1 heterocycles. The van der Waals surface area contributed by atoms with Crippen molar-refractivity contribution < 1.29 is 8.83 Å².